The molecule has 0 aliphatic heterocycles. The molecular formula is C25H23F4N7O4S2. The van der Waals surface area contributed by atoms with Crippen molar-refractivity contribution in [2.75, 3.05) is 21.9 Å². The highest BCUT2D eigenvalue weighted by Gasteiger charge is 2.36. The van der Waals surface area contributed by atoms with Gasteiger partial charge in [-0.2, -0.15) is 18.2 Å². The summed E-state index contributed by atoms with van der Waals surface area (Å²) in [7, 11) is -7.64. The third kappa shape index (κ3) is 7.03. The van der Waals surface area contributed by atoms with E-state index >= 15 is 0 Å². The molecule has 0 saturated heterocycles. The van der Waals surface area contributed by atoms with E-state index in [0.717, 1.165) is 12.1 Å². The van der Waals surface area contributed by atoms with Crippen molar-refractivity contribution in [3.8, 4) is 11.3 Å². The zero-order valence-electron chi connectivity index (χ0n) is 21.5. The van der Waals surface area contributed by atoms with Crippen LogP contribution in [0.2, 0.25) is 0 Å². The molecule has 0 unspecified atom stereocenters. The van der Waals surface area contributed by atoms with Crippen molar-refractivity contribution >= 4 is 48.5 Å². The van der Waals surface area contributed by atoms with E-state index < -0.39 is 43.8 Å². The van der Waals surface area contributed by atoms with Gasteiger partial charge in [-0.25, -0.2) is 36.3 Å². The van der Waals surface area contributed by atoms with Gasteiger partial charge in [0.25, 0.3) is 0 Å². The molecule has 5 rings (SSSR count). The maximum Gasteiger partial charge on any atom is 0.405 e. The number of pyridine rings is 1. The molecule has 2 aromatic heterocycles. The average Bonchev–Trinajstić information content (AvgIpc) is 3.76. The Morgan fingerprint density at radius 3 is 2.26 bits per heavy atom. The molecule has 0 radical (unpaired) electrons. The monoisotopic (exact) mass is 625 g/mol. The van der Waals surface area contributed by atoms with Crippen molar-refractivity contribution in [3.63, 3.8) is 0 Å². The molecular weight excluding hydrogens is 602 g/mol. The molecule has 0 amide bonds. The Labute approximate surface area is 237 Å². The second-order valence-electron chi connectivity index (χ2n) is 9.51. The van der Waals surface area contributed by atoms with Crippen LogP contribution in [0.1, 0.15) is 18.4 Å². The van der Waals surface area contributed by atoms with Crippen LogP contribution in [0.3, 0.4) is 0 Å². The minimum atomic E-state index is -4.58. The molecule has 0 bridgehead atoms. The zero-order chi connectivity index (χ0) is 30.3. The van der Waals surface area contributed by atoms with Crippen molar-refractivity contribution in [2.45, 2.75) is 35.7 Å². The van der Waals surface area contributed by atoms with Crippen molar-refractivity contribution in [2.24, 2.45) is 5.14 Å². The number of nitrogens with two attached hydrogens (primary N) is 1. The van der Waals surface area contributed by atoms with Gasteiger partial charge in [-0.1, -0.05) is 12.1 Å². The number of nitrogens with one attached hydrogen (secondary N) is 3. The molecule has 17 heteroatoms. The standard InChI is InChI=1S/C25H23F4N7O4S2/c26-15-3-8-18(21(11-15)36-42(39,40)17-6-7-17)19-9-10-20-22(33-19)23(32-13-25(27,28)29)35-24(34-20)31-12-14-1-4-16(5-2-14)41(30,37)38/h1-5,8-11,17,36H,6-7,12-13H2,(H2,30,37,38)(H2,31,32,34,35). The van der Waals surface area contributed by atoms with Gasteiger partial charge >= 0.3 is 6.18 Å². The van der Waals surface area contributed by atoms with Crippen LogP contribution in [0.5, 0.6) is 0 Å². The van der Waals surface area contributed by atoms with Crippen LogP contribution in [0.4, 0.5) is 35.0 Å². The number of anilines is 3. The molecule has 222 valence electrons. The molecule has 0 spiro atoms. The number of hydrogen-bond donors (Lipinski definition) is 4. The molecule has 11 nitrogen and oxygen atoms in total. The van der Waals surface area contributed by atoms with E-state index in [1.807, 2.05) is 0 Å². The van der Waals surface area contributed by atoms with E-state index in [4.69, 9.17) is 5.14 Å². The fourth-order valence-corrected chi connectivity index (χ4v) is 5.88. The minimum absolute atomic E-state index is 0.0415. The van der Waals surface area contributed by atoms with Gasteiger partial charge in [-0.15, -0.1) is 0 Å². The van der Waals surface area contributed by atoms with Gasteiger partial charge in [0.1, 0.15) is 17.9 Å². The first kappa shape index (κ1) is 29.4. The Morgan fingerprint density at radius 1 is 0.905 bits per heavy atom. The Kier molecular flexibility index (Phi) is 7.67. The second kappa shape index (κ2) is 11.0. The molecule has 1 aliphatic rings. The lowest BCUT2D eigenvalue weighted by Crippen LogP contribution is -2.22. The number of primary sulfonamides is 1. The lowest BCUT2D eigenvalue weighted by molar-refractivity contribution is -0.115. The summed E-state index contributed by atoms with van der Waals surface area (Å²) in [5.41, 5.74) is 1.01. The summed E-state index contributed by atoms with van der Waals surface area (Å²) in [6, 6.07) is 12.0. The summed E-state index contributed by atoms with van der Waals surface area (Å²) >= 11 is 0. The number of benzene rings is 2. The smallest absolute Gasteiger partial charge is 0.359 e. The number of alkyl halides is 3. The quantitative estimate of drug-likeness (QED) is 0.191. The van der Waals surface area contributed by atoms with Crippen LogP contribution in [0, 0.1) is 5.82 Å². The molecule has 2 heterocycles. The first-order chi connectivity index (χ1) is 19.7. The molecule has 1 aliphatic carbocycles. The minimum Gasteiger partial charge on any atom is -0.359 e. The number of nitrogens with zero attached hydrogens (tertiary/aromatic N) is 3. The van der Waals surface area contributed by atoms with Gasteiger partial charge in [0, 0.05) is 12.1 Å². The van der Waals surface area contributed by atoms with Crippen LogP contribution in [0.25, 0.3) is 22.3 Å². The van der Waals surface area contributed by atoms with Crippen molar-refractivity contribution < 1.29 is 34.4 Å². The first-order valence-corrected chi connectivity index (χ1v) is 15.4. The predicted octanol–water partition coefficient (Wildman–Crippen LogP) is 3.97. The lowest BCUT2D eigenvalue weighted by atomic mass is 10.1. The molecule has 0 atom stereocenters. The Hall–Kier alpha value is -4.09. The number of hydrogen-bond acceptors (Lipinski definition) is 9. The van der Waals surface area contributed by atoms with Crippen molar-refractivity contribution in [1.82, 2.24) is 15.0 Å². The molecule has 1 saturated carbocycles. The summed E-state index contributed by atoms with van der Waals surface area (Å²) in [4.78, 5) is 12.8. The molecule has 4 aromatic rings. The number of fused-ring (bicyclic) bond motifs is 1. The van der Waals surface area contributed by atoms with E-state index in [0.29, 0.717) is 18.4 Å². The Bertz CT molecular complexity index is 1870. The van der Waals surface area contributed by atoms with Crippen LogP contribution in [0.15, 0.2) is 59.5 Å². The largest absolute Gasteiger partial charge is 0.405 e. The molecule has 5 N–H and O–H groups in total. The SMILES string of the molecule is NS(=O)(=O)c1ccc(CNc2nc(NCC(F)(F)F)c3nc(-c4ccc(F)cc4NS(=O)(=O)C4CC4)ccc3n2)cc1. The molecule has 2 aromatic carbocycles. The number of halogens is 4. The maximum atomic E-state index is 14.1. The van der Waals surface area contributed by atoms with Crippen LogP contribution in [-0.4, -0.2) is 49.8 Å². The maximum absolute atomic E-state index is 14.1. The van der Waals surface area contributed by atoms with E-state index in [2.05, 4.69) is 30.3 Å². The van der Waals surface area contributed by atoms with E-state index in [9.17, 15) is 34.4 Å². The van der Waals surface area contributed by atoms with E-state index in [1.54, 1.807) is 0 Å². The highest BCUT2D eigenvalue weighted by atomic mass is 32.2. The summed E-state index contributed by atoms with van der Waals surface area (Å²) < 4.78 is 104. The van der Waals surface area contributed by atoms with E-state index in [1.165, 1.54) is 42.5 Å². The zero-order valence-corrected chi connectivity index (χ0v) is 23.1. The summed E-state index contributed by atoms with van der Waals surface area (Å²) in [5, 5.41) is 9.63. The van der Waals surface area contributed by atoms with Gasteiger partial charge in [-0.05, 0) is 60.9 Å². The highest BCUT2D eigenvalue weighted by molar-refractivity contribution is 7.93. The Balaban J connectivity index is 1.49. The molecule has 42 heavy (non-hydrogen) atoms. The predicted molar refractivity (Wildman–Crippen MR) is 148 cm³/mol. The third-order valence-electron chi connectivity index (χ3n) is 6.17. The fourth-order valence-electron chi connectivity index (χ4n) is 3.97. The van der Waals surface area contributed by atoms with Gasteiger partial charge in [0.05, 0.1) is 27.0 Å². The average molecular weight is 626 g/mol. The van der Waals surface area contributed by atoms with Crippen LogP contribution in [-0.2, 0) is 26.6 Å². The van der Waals surface area contributed by atoms with Gasteiger partial charge in [-0.3, -0.25) is 4.72 Å². The lowest BCUT2D eigenvalue weighted by Gasteiger charge is -2.15. The van der Waals surface area contributed by atoms with Crippen LogP contribution >= 0.6 is 0 Å². The summed E-state index contributed by atoms with van der Waals surface area (Å²) in [6.07, 6.45) is -3.62. The normalized spacial score (nSPS) is 14.1. The van der Waals surface area contributed by atoms with Crippen molar-refractivity contribution in [1.29, 1.82) is 0 Å². The first-order valence-electron chi connectivity index (χ1n) is 12.3. The number of aromatic nitrogens is 3. The third-order valence-corrected chi connectivity index (χ3v) is 8.96. The van der Waals surface area contributed by atoms with Gasteiger partial charge in [0.2, 0.25) is 26.0 Å². The summed E-state index contributed by atoms with van der Waals surface area (Å²) in [5.74, 6) is -0.996. The van der Waals surface area contributed by atoms with Gasteiger partial charge < -0.3 is 10.6 Å². The molecule has 1 fully saturated rings. The number of rotatable bonds is 10. The van der Waals surface area contributed by atoms with E-state index in [-0.39, 0.29) is 51.2 Å². The fraction of sp³-hybridized carbons (Fsp3) is 0.240. The van der Waals surface area contributed by atoms with Crippen LogP contribution < -0.4 is 20.5 Å². The number of sulfonamides is 2. The topological polar surface area (TPSA) is 169 Å². The Morgan fingerprint density at radius 2 is 1.62 bits per heavy atom. The second-order valence-corrected chi connectivity index (χ2v) is 13.0. The highest BCUT2D eigenvalue weighted by Crippen LogP contribution is 2.35. The van der Waals surface area contributed by atoms with Crippen molar-refractivity contribution in [3.05, 3.63) is 66.0 Å². The van der Waals surface area contributed by atoms with Gasteiger partial charge in [0.15, 0.2) is 5.82 Å². The summed E-state index contributed by atoms with van der Waals surface area (Å²) in [6.45, 7) is -1.33.